The van der Waals surface area contributed by atoms with Crippen molar-refractivity contribution < 1.29 is 22.9 Å². The second-order valence-corrected chi connectivity index (χ2v) is 9.59. The molecule has 2 N–H and O–H groups in total. The zero-order chi connectivity index (χ0) is 25.4. The van der Waals surface area contributed by atoms with E-state index in [1.54, 1.807) is 66.7 Å². The topological polar surface area (TPSA) is 131 Å². The average Bonchev–Trinajstić information content (AvgIpc) is 2.85. The van der Waals surface area contributed by atoms with E-state index in [-0.39, 0.29) is 29.6 Å². The average molecular weight is 499 g/mol. The predicted octanol–water partition coefficient (Wildman–Crippen LogP) is 3.34. The molecule has 0 bridgehead atoms. The van der Waals surface area contributed by atoms with Crippen LogP contribution in [0.1, 0.15) is 5.56 Å². The number of ether oxygens (including phenoxy) is 1. The Kier molecular flexibility index (Phi) is 8.26. The number of hydrogen-bond acceptors (Lipinski definition) is 7. The summed E-state index contributed by atoms with van der Waals surface area (Å²) in [4.78, 5) is 22.8. The number of aryl methyl sites for hydroxylation is 1. The van der Waals surface area contributed by atoms with Crippen LogP contribution in [-0.2, 0) is 14.8 Å². The van der Waals surface area contributed by atoms with Crippen LogP contribution in [0.3, 0.4) is 0 Å². The van der Waals surface area contributed by atoms with Crippen molar-refractivity contribution in [1.82, 2.24) is 5.32 Å². The van der Waals surface area contributed by atoms with Gasteiger partial charge in [-0.3, -0.25) is 19.2 Å². The highest BCUT2D eigenvalue weighted by molar-refractivity contribution is 7.92. The van der Waals surface area contributed by atoms with E-state index in [1.165, 1.54) is 17.4 Å². The van der Waals surface area contributed by atoms with Crippen LogP contribution in [0.4, 0.5) is 17.1 Å². The van der Waals surface area contributed by atoms with Gasteiger partial charge < -0.3 is 15.4 Å². The molecule has 3 rings (SSSR count). The third-order valence-electron chi connectivity index (χ3n) is 5.11. The SMILES string of the molecule is Cc1ccc(S(=O)(=O)N(C)c2ccc(OCC(=O)NCCNc3ccccc3[N+](=O)[O-])cc2)cc1. The Balaban J connectivity index is 1.46. The highest BCUT2D eigenvalue weighted by Gasteiger charge is 2.21. The highest BCUT2D eigenvalue weighted by Crippen LogP contribution is 2.25. The van der Waals surface area contributed by atoms with Gasteiger partial charge in [0.2, 0.25) is 0 Å². The van der Waals surface area contributed by atoms with E-state index in [1.807, 2.05) is 6.92 Å². The number of benzene rings is 3. The van der Waals surface area contributed by atoms with Gasteiger partial charge in [0.15, 0.2) is 6.61 Å². The van der Waals surface area contributed by atoms with Crippen molar-refractivity contribution in [3.05, 3.63) is 88.5 Å². The molecule has 11 heteroatoms. The minimum Gasteiger partial charge on any atom is -0.484 e. The third kappa shape index (κ3) is 6.70. The number of carbonyl (C=O) groups is 1. The molecule has 0 heterocycles. The maximum atomic E-state index is 12.8. The summed E-state index contributed by atoms with van der Waals surface area (Å²) < 4.78 is 32.3. The van der Waals surface area contributed by atoms with E-state index in [0.717, 1.165) is 5.56 Å². The Morgan fingerprint density at radius 1 is 1.00 bits per heavy atom. The van der Waals surface area contributed by atoms with Gasteiger partial charge in [-0.1, -0.05) is 29.8 Å². The fraction of sp³-hybridized carbons (Fsp3) is 0.208. The fourth-order valence-corrected chi connectivity index (χ4v) is 4.34. The Morgan fingerprint density at radius 2 is 1.66 bits per heavy atom. The number of carbonyl (C=O) groups excluding carboxylic acids is 1. The van der Waals surface area contributed by atoms with Gasteiger partial charge in [-0.25, -0.2) is 8.42 Å². The lowest BCUT2D eigenvalue weighted by Gasteiger charge is -2.20. The van der Waals surface area contributed by atoms with Crippen molar-refractivity contribution in [2.75, 3.05) is 36.4 Å². The van der Waals surface area contributed by atoms with Crippen molar-refractivity contribution in [1.29, 1.82) is 0 Å². The smallest absolute Gasteiger partial charge is 0.292 e. The van der Waals surface area contributed by atoms with Crippen molar-refractivity contribution in [3.63, 3.8) is 0 Å². The van der Waals surface area contributed by atoms with Crippen molar-refractivity contribution >= 4 is 33.0 Å². The van der Waals surface area contributed by atoms with Crippen molar-refractivity contribution in [2.24, 2.45) is 0 Å². The van der Waals surface area contributed by atoms with Gasteiger partial charge in [-0.15, -0.1) is 0 Å². The Hall–Kier alpha value is -4.12. The number of nitrogens with zero attached hydrogens (tertiary/aromatic N) is 2. The van der Waals surface area contributed by atoms with Crippen molar-refractivity contribution in [2.45, 2.75) is 11.8 Å². The van der Waals surface area contributed by atoms with Gasteiger partial charge in [-0.05, 0) is 49.4 Å². The normalized spacial score (nSPS) is 10.9. The zero-order valence-corrected chi connectivity index (χ0v) is 20.1. The fourth-order valence-electron chi connectivity index (χ4n) is 3.14. The molecule has 0 aliphatic carbocycles. The van der Waals surface area contributed by atoms with Crippen LogP contribution in [-0.4, -0.2) is 46.0 Å². The molecular weight excluding hydrogens is 472 g/mol. The number of anilines is 2. The van der Waals surface area contributed by atoms with Gasteiger partial charge in [0.25, 0.3) is 21.6 Å². The monoisotopic (exact) mass is 498 g/mol. The molecule has 0 spiro atoms. The molecule has 1 amide bonds. The van der Waals surface area contributed by atoms with E-state index in [0.29, 0.717) is 23.7 Å². The summed E-state index contributed by atoms with van der Waals surface area (Å²) in [5, 5.41) is 16.6. The molecule has 35 heavy (non-hydrogen) atoms. The summed E-state index contributed by atoms with van der Waals surface area (Å²) in [7, 11) is -2.23. The predicted molar refractivity (Wildman–Crippen MR) is 133 cm³/mol. The maximum Gasteiger partial charge on any atom is 0.292 e. The maximum absolute atomic E-state index is 12.8. The number of amides is 1. The largest absolute Gasteiger partial charge is 0.484 e. The molecule has 0 aliphatic heterocycles. The van der Waals surface area contributed by atoms with E-state index in [4.69, 9.17) is 4.74 Å². The Morgan fingerprint density at radius 3 is 2.31 bits per heavy atom. The van der Waals surface area contributed by atoms with Crippen LogP contribution >= 0.6 is 0 Å². The van der Waals surface area contributed by atoms with Crippen LogP contribution in [0.25, 0.3) is 0 Å². The number of hydrogen-bond donors (Lipinski definition) is 2. The van der Waals surface area contributed by atoms with Crippen LogP contribution < -0.4 is 19.7 Å². The standard InChI is InChI=1S/C24H26N4O6S/c1-18-7-13-21(14-8-18)35(32,33)27(2)19-9-11-20(12-10-19)34-17-24(29)26-16-15-25-22-5-3-4-6-23(22)28(30)31/h3-14,25H,15-17H2,1-2H3,(H,26,29). The first kappa shape index (κ1) is 25.5. The first-order valence-corrected chi connectivity index (χ1v) is 12.1. The first-order chi connectivity index (χ1) is 16.7. The summed E-state index contributed by atoms with van der Waals surface area (Å²) in [6.45, 7) is 2.19. The minimum absolute atomic E-state index is 0.0390. The number of para-hydroxylation sites is 2. The second kappa shape index (κ2) is 11.3. The minimum atomic E-state index is -3.70. The number of nitrogens with one attached hydrogen (secondary N) is 2. The van der Waals surface area contributed by atoms with E-state index in [9.17, 15) is 23.3 Å². The molecule has 0 fully saturated rings. The summed E-state index contributed by atoms with van der Waals surface area (Å²) in [5.74, 6) is 0.0422. The molecule has 0 radical (unpaired) electrons. The summed E-state index contributed by atoms with van der Waals surface area (Å²) >= 11 is 0. The summed E-state index contributed by atoms with van der Waals surface area (Å²) in [5.41, 5.74) is 1.75. The van der Waals surface area contributed by atoms with E-state index < -0.39 is 14.9 Å². The lowest BCUT2D eigenvalue weighted by atomic mass is 10.2. The first-order valence-electron chi connectivity index (χ1n) is 10.7. The Labute approximate surface area is 203 Å². The van der Waals surface area contributed by atoms with Crippen LogP contribution in [0.5, 0.6) is 5.75 Å². The van der Waals surface area contributed by atoms with Crippen LogP contribution in [0, 0.1) is 17.0 Å². The van der Waals surface area contributed by atoms with Crippen LogP contribution in [0.15, 0.2) is 77.7 Å². The third-order valence-corrected chi connectivity index (χ3v) is 6.91. The summed E-state index contributed by atoms with van der Waals surface area (Å²) in [6, 6.07) is 19.2. The number of sulfonamides is 1. The molecule has 3 aromatic carbocycles. The zero-order valence-electron chi connectivity index (χ0n) is 19.3. The molecule has 0 aliphatic rings. The van der Waals surface area contributed by atoms with E-state index >= 15 is 0 Å². The number of nitro benzene ring substituents is 1. The van der Waals surface area contributed by atoms with E-state index in [2.05, 4.69) is 10.6 Å². The van der Waals surface area contributed by atoms with Crippen LogP contribution in [0.2, 0.25) is 0 Å². The molecule has 0 atom stereocenters. The molecular formula is C24H26N4O6S. The number of rotatable bonds is 11. The van der Waals surface area contributed by atoms with Gasteiger partial charge in [0, 0.05) is 26.2 Å². The van der Waals surface area contributed by atoms with Gasteiger partial charge >= 0.3 is 0 Å². The quantitative estimate of drug-likeness (QED) is 0.235. The second-order valence-electron chi connectivity index (χ2n) is 7.62. The van der Waals surface area contributed by atoms with Gasteiger partial charge in [0.1, 0.15) is 11.4 Å². The van der Waals surface area contributed by atoms with Gasteiger partial charge in [-0.2, -0.15) is 0 Å². The molecule has 3 aromatic rings. The molecule has 184 valence electrons. The molecule has 0 unspecified atom stereocenters. The Bertz CT molecular complexity index is 1280. The lowest BCUT2D eigenvalue weighted by molar-refractivity contribution is -0.384. The molecule has 0 saturated carbocycles. The highest BCUT2D eigenvalue weighted by atomic mass is 32.2. The van der Waals surface area contributed by atoms with Gasteiger partial charge in [0.05, 0.1) is 15.5 Å². The number of nitro groups is 1. The van der Waals surface area contributed by atoms with Crippen molar-refractivity contribution in [3.8, 4) is 5.75 Å². The molecule has 0 aromatic heterocycles. The lowest BCUT2D eigenvalue weighted by Crippen LogP contribution is -2.32. The molecule has 0 saturated heterocycles. The summed E-state index contributed by atoms with van der Waals surface area (Å²) in [6.07, 6.45) is 0. The molecule has 10 nitrogen and oxygen atoms in total.